The van der Waals surface area contributed by atoms with Gasteiger partial charge in [-0.05, 0) is 405 Å². The van der Waals surface area contributed by atoms with Gasteiger partial charge in [0.25, 0.3) is 0 Å². The standard InChI is InChI=1S/2C19H24N4OS2.C18H22N4OS2.C17H21N5S2.2C17H20N4OS2/c2*1-12-10-15(26-22-12)11-17-20-16-8-9-25-18(16)19(21-17)24-14-6-4-13(5-7-14)23(2)3;1-11-9-14(25-22-11)10-16-20-15-7-8-24-17(15)18(21-16)23-13-5-3-12(19-2)4-6-13;1-10-8-13(24-22-10)9-15-20-14-6-7-23-16(14)17(21-15)19-12-4-2-11(18)3-5-12;2*1-10-8-13(24-21-10)9-15-19-14-6-7-23-16(14)17(20-15)22-12-4-2-11(18)3-5-12/h2*8-10,13-14H,4-7,11H2,1-3H3;7-9,12-13,19H,3-6,10H2,1-2H3;6-8,11-12H,2-5,9,18H2,1H3,(H,19,20,21);2*6-8,11-12H,2-5,9,18H2,1H3. The van der Waals surface area contributed by atoms with Gasteiger partial charge in [-0.3, -0.25) is 0 Å². The van der Waals surface area contributed by atoms with Crippen LogP contribution >= 0.6 is 137 Å². The highest BCUT2D eigenvalue weighted by Gasteiger charge is 2.32. The van der Waals surface area contributed by atoms with Crippen LogP contribution in [0.1, 0.15) is 252 Å². The minimum absolute atomic E-state index is 0.212. The van der Waals surface area contributed by atoms with Gasteiger partial charge in [-0.25, -0.2) is 34.9 Å². The van der Waals surface area contributed by atoms with E-state index in [9.17, 15) is 0 Å². The van der Waals surface area contributed by atoms with Gasteiger partial charge < -0.3 is 61.3 Å². The zero-order valence-electron chi connectivity index (χ0n) is 86.2. The number of fused-ring (bicyclic) bond motifs is 6. The Labute approximate surface area is 918 Å². The lowest BCUT2D eigenvalue weighted by Gasteiger charge is -2.32. The SMILES string of the molecule is CNC1CCC(Oc2nc(Cc3cc(C)ns3)nc3ccsc23)CC1.Cc1cc(Cc2nc(NC3CCC(N)CC3)c3sccc3n2)sn1.Cc1cc(Cc2nc(OC3CCC(N(C)C)CC3)c3sccc3n2)sn1.Cc1cc(Cc2nc(OC3CCC(N(C)C)CC3)c3sccc3n2)sn1.Cc1cc(Cc2nc(OC3CCC(N)CC3)c3sccc3n2)sn1.Cc1cc(Cc2nc(OC3CCC(N)CC3)c3sccc3n2)sn1. The number of hydrogen-bond acceptors (Lipinski definition) is 42. The number of ether oxygens (including phenoxy) is 5. The molecule has 0 aliphatic heterocycles. The number of thiophene rings is 6. The fraction of sp³-hybridized carbons (Fsp3) is 0.495. The monoisotopic (exact) mass is 2230 g/mol. The van der Waals surface area contributed by atoms with Crippen molar-refractivity contribution in [2.45, 2.75) is 307 Å². The van der Waals surface area contributed by atoms with E-state index < -0.39 is 0 Å². The van der Waals surface area contributed by atoms with Gasteiger partial charge >= 0.3 is 0 Å². The van der Waals surface area contributed by atoms with Crippen LogP contribution in [0.15, 0.2) is 105 Å². The first-order valence-corrected chi connectivity index (χ1v) is 61.7. The zero-order chi connectivity index (χ0) is 103. The normalized spacial score (nSPS) is 21.0. The van der Waals surface area contributed by atoms with Crippen LogP contribution in [0.4, 0.5) is 5.82 Å². The molecule has 42 heteroatoms. The predicted molar refractivity (Wildman–Crippen MR) is 614 cm³/mol. The van der Waals surface area contributed by atoms with Crippen LogP contribution < -0.4 is 51.5 Å². The molecule has 0 bridgehead atoms. The molecule has 24 rings (SSSR count). The molecule has 0 atom stereocenters. The third-order valence-electron chi connectivity index (χ3n) is 27.8. The van der Waals surface area contributed by atoms with E-state index in [-0.39, 0.29) is 30.5 Å². The summed E-state index contributed by atoms with van der Waals surface area (Å²) in [7, 11) is 10.7. The van der Waals surface area contributed by atoms with Gasteiger partial charge in [0.1, 0.15) is 94.8 Å². The molecular formula is C107H131N25O5S12. The Hall–Kier alpha value is -9.42. The average molecular weight is 2230 g/mol. The summed E-state index contributed by atoms with van der Waals surface area (Å²) < 4.78 is 64.0. The van der Waals surface area contributed by atoms with Crippen LogP contribution in [0.3, 0.4) is 0 Å². The number of aromatic nitrogens is 18. The van der Waals surface area contributed by atoms with Gasteiger partial charge in [0.15, 0.2) is 0 Å². The first-order valence-electron chi connectivity index (χ1n) is 51.7. The van der Waals surface area contributed by atoms with E-state index in [1.165, 1.54) is 124 Å². The Morgan fingerprint density at radius 3 is 0.705 bits per heavy atom. The minimum atomic E-state index is 0.212. The second-order valence-electron chi connectivity index (χ2n) is 40.2. The van der Waals surface area contributed by atoms with Gasteiger partial charge in [-0.2, -0.15) is 51.2 Å². The highest BCUT2D eigenvalue weighted by Crippen LogP contribution is 2.41. The van der Waals surface area contributed by atoms with Crippen molar-refractivity contribution in [3.8, 4) is 29.4 Å². The molecule has 6 aliphatic carbocycles. The van der Waals surface area contributed by atoms with Crippen molar-refractivity contribution in [1.82, 2.24) is 101 Å². The van der Waals surface area contributed by atoms with Gasteiger partial charge in [0, 0.05) is 110 Å². The van der Waals surface area contributed by atoms with Gasteiger partial charge in [-0.1, -0.05) is 0 Å². The molecule has 6 saturated carbocycles. The molecule has 30 nitrogen and oxygen atoms in total. The molecule has 0 unspecified atom stereocenters. The topological polar surface area (TPSA) is 387 Å². The van der Waals surface area contributed by atoms with E-state index >= 15 is 0 Å². The molecule has 18 aromatic heterocycles. The number of aryl methyl sites for hydroxylation is 6. The summed E-state index contributed by atoms with van der Waals surface area (Å²) in [5.74, 6) is 9.61. The summed E-state index contributed by atoms with van der Waals surface area (Å²) in [6, 6.07) is 28.3. The molecule has 8 N–H and O–H groups in total. The molecule has 0 amide bonds. The second kappa shape index (κ2) is 51.5. The Balaban J connectivity index is 0.000000112. The number of nitrogens with zero attached hydrogens (tertiary/aromatic N) is 20. The Morgan fingerprint density at radius 2 is 0.477 bits per heavy atom. The van der Waals surface area contributed by atoms with Crippen molar-refractivity contribution in [2.75, 3.05) is 40.6 Å². The molecule has 0 saturated heterocycles. The first kappa shape index (κ1) is 108. The first-order chi connectivity index (χ1) is 72.4. The fourth-order valence-electron chi connectivity index (χ4n) is 19.7. The summed E-state index contributed by atoms with van der Waals surface area (Å²) in [5, 5.41) is 19.4. The highest BCUT2D eigenvalue weighted by molar-refractivity contribution is 7.19. The number of anilines is 1. The number of hydrogen-bond donors (Lipinski definition) is 5. The van der Waals surface area contributed by atoms with Crippen LogP contribution in [0.25, 0.3) is 61.3 Å². The van der Waals surface area contributed by atoms with Crippen molar-refractivity contribution in [1.29, 1.82) is 0 Å². The summed E-state index contributed by atoms with van der Waals surface area (Å²) in [4.78, 5) is 68.6. The van der Waals surface area contributed by atoms with Gasteiger partial charge in [0.2, 0.25) is 29.4 Å². The summed E-state index contributed by atoms with van der Waals surface area (Å²) >= 11 is 19.1. The van der Waals surface area contributed by atoms with Crippen LogP contribution in [-0.4, -0.2) is 204 Å². The fourth-order valence-corrected chi connectivity index (χ4v) is 28.7. The predicted octanol–water partition coefficient (Wildman–Crippen LogP) is 23.7. The summed E-state index contributed by atoms with van der Waals surface area (Å²) in [5.41, 5.74) is 30.2. The molecule has 786 valence electrons. The van der Waals surface area contributed by atoms with Crippen LogP contribution in [-0.2, 0) is 38.5 Å². The Kier molecular flexibility index (Phi) is 37.3. The molecule has 18 heterocycles. The number of rotatable bonds is 27. The van der Waals surface area contributed by atoms with Crippen molar-refractivity contribution >= 4 is 204 Å². The summed E-state index contributed by atoms with van der Waals surface area (Å²) in [6.45, 7) is 12.1. The molecule has 149 heavy (non-hydrogen) atoms. The van der Waals surface area contributed by atoms with Crippen LogP contribution in [0.2, 0.25) is 0 Å². The highest BCUT2D eigenvalue weighted by atomic mass is 32.1. The molecule has 0 radical (unpaired) electrons. The number of nitrogens with one attached hydrogen (secondary N) is 2. The number of nitrogens with two attached hydrogens (primary N) is 3. The maximum Gasteiger partial charge on any atom is 0.235 e. The zero-order valence-corrected chi connectivity index (χ0v) is 95.9. The van der Waals surface area contributed by atoms with E-state index in [0.29, 0.717) is 74.4 Å². The van der Waals surface area contributed by atoms with Crippen molar-refractivity contribution < 1.29 is 23.7 Å². The van der Waals surface area contributed by atoms with Crippen LogP contribution in [0, 0.1) is 41.5 Å². The Bertz CT molecular complexity index is 6850. The summed E-state index contributed by atoms with van der Waals surface area (Å²) in [6.07, 6.45) is 31.5. The minimum Gasteiger partial charge on any atom is -0.473 e. The molecular weight excluding hydrogens is 2100 g/mol. The lowest BCUT2D eigenvalue weighted by molar-refractivity contribution is 0.108. The lowest BCUT2D eigenvalue weighted by Crippen LogP contribution is -2.35. The van der Waals surface area contributed by atoms with E-state index in [1.807, 2.05) is 77.5 Å². The van der Waals surface area contributed by atoms with E-state index in [2.05, 4.69) is 161 Å². The average Bonchev–Trinajstić information content (AvgIpc) is 1.71. The maximum atomic E-state index is 6.37. The van der Waals surface area contributed by atoms with E-state index in [4.69, 9.17) is 90.7 Å². The van der Waals surface area contributed by atoms with E-state index in [1.54, 1.807) is 68.0 Å². The van der Waals surface area contributed by atoms with Crippen molar-refractivity contribution in [2.24, 2.45) is 17.2 Å². The van der Waals surface area contributed by atoms with Crippen molar-refractivity contribution in [3.05, 3.63) is 203 Å². The van der Waals surface area contributed by atoms with Gasteiger partial charge in [0.05, 0.1) is 72.0 Å². The quantitative estimate of drug-likeness (QED) is 0.0319. The smallest absolute Gasteiger partial charge is 0.235 e. The van der Waals surface area contributed by atoms with Gasteiger partial charge in [-0.15, -0.1) is 68.0 Å². The molecule has 18 aromatic rings. The molecule has 0 spiro atoms. The van der Waals surface area contributed by atoms with Crippen molar-refractivity contribution in [3.63, 3.8) is 0 Å². The second-order valence-corrected chi connectivity index (χ2v) is 51.0. The third-order valence-corrected chi connectivity index (χ3v) is 38.4. The lowest BCUT2D eigenvalue weighted by atomic mass is 9.92. The van der Waals surface area contributed by atoms with E-state index in [0.717, 1.165) is 300 Å². The third kappa shape index (κ3) is 29.8. The maximum absolute atomic E-state index is 6.37. The molecule has 6 aliphatic rings. The molecule has 0 aromatic carbocycles. The Morgan fingerprint density at radius 1 is 0.268 bits per heavy atom. The largest absolute Gasteiger partial charge is 0.473 e. The molecule has 6 fully saturated rings. The van der Waals surface area contributed by atoms with Crippen LogP contribution in [0.5, 0.6) is 29.4 Å².